The summed E-state index contributed by atoms with van der Waals surface area (Å²) < 4.78 is 11.3. The Morgan fingerprint density at radius 3 is 2.32 bits per heavy atom. The van der Waals surface area contributed by atoms with Crippen molar-refractivity contribution < 1.29 is 45.2 Å². The zero-order valence-corrected chi connectivity index (χ0v) is 16.5. The predicted octanol–water partition coefficient (Wildman–Crippen LogP) is -1.73. The molecule has 0 spiro atoms. The van der Waals surface area contributed by atoms with E-state index in [0.29, 0.717) is 12.8 Å². The lowest BCUT2D eigenvalue weighted by Crippen LogP contribution is -2.61. The van der Waals surface area contributed by atoms with E-state index >= 15 is 0 Å². The van der Waals surface area contributed by atoms with Gasteiger partial charge in [-0.25, -0.2) is 0 Å². The van der Waals surface area contributed by atoms with E-state index in [-0.39, 0.29) is 5.92 Å². The Hall–Kier alpha value is -0.620. The number of hydrogen-bond acceptors (Lipinski definition) is 9. The van der Waals surface area contributed by atoms with Crippen LogP contribution in [0.25, 0.3) is 0 Å². The molecule has 1 heterocycles. The summed E-state index contributed by atoms with van der Waals surface area (Å²) in [5.41, 5.74) is -1.92. The van der Waals surface area contributed by atoms with Gasteiger partial charge in [0.05, 0.1) is 31.0 Å². The van der Waals surface area contributed by atoms with Crippen LogP contribution in [-0.2, 0) is 9.47 Å². The summed E-state index contributed by atoms with van der Waals surface area (Å²) in [5, 5.41) is 69.0. The van der Waals surface area contributed by atoms with E-state index in [2.05, 4.69) is 0 Å². The second-order valence-corrected chi connectivity index (χ2v) is 8.61. The molecule has 2 aliphatic rings. The van der Waals surface area contributed by atoms with Crippen LogP contribution in [-0.4, -0.2) is 97.5 Å². The lowest BCUT2D eigenvalue weighted by atomic mass is 9.59. The van der Waals surface area contributed by atoms with Crippen molar-refractivity contribution in [3.63, 3.8) is 0 Å². The summed E-state index contributed by atoms with van der Waals surface area (Å²) in [6.45, 7) is 4.56. The molecule has 1 saturated carbocycles. The predicted molar refractivity (Wildman–Crippen MR) is 98.0 cm³/mol. The van der Waals surface area contributed by atoms with Gasteiger partial charge in [0.25, 0.3) is 0 Å². The molecule has 28 heavy (non-hydrogen) atoms. The Balaban J connectivity index is 2.11. The number of aliphatic hydroxyl groups excluding tert-OH is 6. The van der Waals surface area contributed by atoms with E-state index in [4.69, 9.17) is 14.6 Å². The molecule has 1 saturated heterocycles. The molecular weight excluding hydrogens is 372 g/mol. The molecule has 9 heteroatoms. The van der Waals surface area contributed by atoms with Gasteiger partial charge in [-0.15, -0.1) is 0 Å². The van der Waals surface area contributed by atoms with E-state index in [1.165, 1.54) is 12.2 Å². The number of rotatable bonds is 6. The van der Waals surface area contributed by atoms with Gasteiger partial charge in [-0.3, -0.25) is 0 Å². The van der Waals surface area contributed by atoms with Crippen molar-refractivity contribution >= 4 is 0 Å². The molecule has 7 N–H and O–H groups in total. The molecule has 1 aliphatic carbocycles. The van der Waals surface area contributed by atoms with Crippen molar-refractivity contribution in [1.29, 1.82) is 0 Å². The summed E-state index contributed by atoms with van der Waals surface area (Å²) in [4.78, 5) is 0. The molecule has 0 unspecified atom stereocenters. The standard InChI is InChI=1S/C19H34O9/c1-10-6-12(7-18(2,3)19(10,26)5-4-11(22)8-20)27-17-16(25)15(24)14(23)13(9-21)28-17/h4-5,10-17,20-26H,6-9H2,1-3H3/b5-4+/t10-,11+,12+,13-,14+,15+,16-,17-,19-/m1/s1. The highest BCUT2D eigenvalue weighted by Crippen LogP contribution is 2.49. The minimum Gasteiger partial charge on any atom is -0.394 e. The van der Waals surface area contributed by atoms with Gasteiger partial charge in [-0.2, -0.15) is 0 Å². The maximum absolute atomic E-state index is 11.2. The van der Waals surface area contributed by atoms with Gasteiger partial charge in [0.1, 0.15) is 24.4 Å². The molecule has 2 fully saturated rings. The first-order valence-corrected chi connectivity index (χ1v) is 9.63. The van der Waals surface area contributed by atoms with Crippen LogP contribution in [0.15, 0.2) is 12.2 Å². The van der Waals surface area contributed by atoms with Crippen LogP contribution >= 0.6 is 0 Å². The highest BCUT2D eigenvalue weighted by molar-refractivity contribution is 5.15. The molecular formula is C19H34O9. The van der Waals surface area contributed by atoms with Crippen LogP contribution in [0.3, 0.4) is 0 Å². The minimum atomic E-state index is -1.51. The van der Waals surface area contributed by atoms with Gasteiger partial charge < -0.3 is 45.2 Å². The Morgan fingerprint density at radius 1 is 1.14 bits per heavy atom. The van der Waals surface area contributed by atoms with Crippen LogP contribution in [0.5, 0.6) is 0 Å². The fourth-order valence-corrected chi connectivity index (χ4v) is 4.24. The Bertz CT molecular complexity index is 537. The van der Waals surface area contributed by atoms with Crippen LogP contribution in [0.2, 0.25) is 0 Å². The Labute approximate surface area is 164 Å². The molecule has 0 radical (unpaired) electrons. The average molecular weight is 406 g/mol. The van der Waals surface area contributed by atoms with E-state index in [0.717, 1.165) is 0 Å². The molecule has 0 aromatic rings. The van der Waals surface area contributed by atoms with Crippen molar-refractivity contribution in [3.05, 3.63) is 12.2 Å². The first-order valence-electron chi connectivity index (χ1n) is 9.63. The molecule has 0 bridgehead atoms. The molecule has 0 aromatic heterocycles. The van der Waals surface area contributed by atoms with Crippen molar-refractivity contribution in [2.45, 2.75) is 82.1 Å². The quantitative estimate of drug-likeness (QED) is 0.254. The lowest BCUT2D eigenvalue weighted by Gasteiger charge is -2.52. The first-order chi connectivity index (χ1) is 13.0. The van der Waals surface area contributed by atoms with Gasteiger partial charge in [-0.1, -0.05) is 32.9 Å². The molecule has 0 aromatic carbocycles. The SMILES string of the molecule is C[C@@H]1C[C@H](O[C@@H]2O[C@H](CO)[C@H](O)[C@H](O)[C@H]2O)CC(C)(C)[C@@]1(O)/C=C/[C@H](O)CO. The van der Waals surface area contributed by atoms with E-state index < -0.39 is 67.1 Å². The summed E-state index contributed by atoms with van der Waals surface area (Å²) in [6, 6.07) is 0. The highest BCUT2D eigenvalue weighted by atomic mass is 16.7. The smallest absolute Gasteiger partial charge is 0.186 e. The van der Waals surface area contributed by atoms with Gasteiger partial charge in [0, 0.05) is 0 Å². The van der Waals surface area contributed by atoms with Crippen molar-refractivity contribution in [2.24, 2.45) is 11.3 Å². The van der Waals surface area contributed by atoms with Crippen LogP contribution in [0, 0.1) is 11.3 Å². The Morgan fingerprint density at radius 2 is 1.79 bits per heavy atom. The molecule has 9 atom stereocenters. The third-order valence-electron chi connectivity index (χ3n) is 6.12. The highest BCUT2D eigenvalue weighted by Gasteiger charge is 2.53. The molecule has 164 valence electrons. The lowest BCUT2D eigenvalue weighted by molar-refractivity contribution is -0.319. The van der Waals surface area contributed by atoms with Crippen molar-refractivity contribution in [2.75, 3.05) is 13.2 Å². The summed E-state index contributed by atoms with van der Waals surface area (Å²) in [7, 11) is 0. The summed E-state index contributed by atoms with van der Waals surface area (Å²) in [5.74, 6) is -0.284. The second-order valence-electron chi connectivity index (χ2n) is 8.61. The van der Waals surface area contributed by atoms with Crippen LogP contribution in [0.1, 0.15) is 33.6 Å². The average Bonchev–Trinajstić information content (AvgIpc) is 2.64. The maximum atomic E-state index is 11.2. The fraction of sp³-hybridized carbons (Fsp3) is 0.895. The maximum Gasteiger partial charge on any atom is 0.186 e. The number of aliphatic hydroxyl groups is 7. The van der Waals surface area contributed by atoms with E-state index in [1.807, 2.05) is 20.8 Å². The first kappa shape index (κ1) is 23.7. The normalized spacial score (nSPS) is 45.3. The van der Waals surface area contributed by atoms with Gasteiger partial charge in [0.2, 0.25) is 0 Å². The largest absolute Gasteiger partial charge is 0.394 e. The number of hydrogen-bond donors (Lipinski definition) is 7. The summed E-state index contributed by atoms with van der Waals surface area (Å²) >= 11 is 0. The van der Waals surface area contributed by atoms with Gasteiger partial charge >= 0.3 is 0 Å². The zero-order chi connectivity index (χ0) is 21.3. The van der Waals surface area contributed by atoms with Crippen LogP contribution < -0.4 is 0 Å². The monoisotopic (exact) mass is 406 g/mol. The van der Waals surface area contributed by atoms with E-state index in [1.54, 1.807) is 0 Å². The van der Waals surface area contributed by atoms with Crippen LogP contribution in [0.4, 0.5) is 0 Å². The third kappa shape index (κ3) is 4.58. The topological polar surface area (TPSA) is 160 Å². The minimum absolute atomic E-state index is 0.284. The summed E-state index contributed by atoms with van der Waals surface area (Å²) in [6.07, 6.45) is -4.48. The molecule has 2 rings (SSSR count). The van der Waals surface area contributed by atoms with Gasteiger partial charge in [0.15, 0.2) is 6.29 Å². The number of ether oxygens (including phenoxy) is 2. The van der Waals surface area contributed by atoms with Crippen molar-refractivity contribution in [1.82, 2.24) is 0 Å². The Kier molecular flexibility index (Phi) is 7.63. The molecule has 1 aliphatic heterocycles. The van der Waals surface area contributed by atoms with Gasteiger partial charge in [-0.05, 0) is 24.2 Å². The van der Waals surface area contributed by atoms with Crippen molar-refractivity contribution in [3.8, 4) is 0 Å². The van der Waals surface area contributed by atoms with E-state index in [9.17, 15) is 30.6 Å². The third-order valence-corrected chi connectivity index (χ3v) is 6.12. The molecule has 9 nitrogen and oxygen atoms in total. The fourth-order valence-electron chi connectivity index (χ4n) is 4.24. The zero-order valence-electron chi connectivity index (χ0n) is 16.5. The molecule has 0 amide bonds. The second kappa shape index (κ2) is 9.03.